The zero-order valence-electron chi connectivity index (χ0n) is 28.2. The van der Waals surface area contributed by atoms with Gasteiger partial charge in [0.2, 0.25) is 23.5 Å². The zero-order valence-corrected chi connectivity index (χ0v) is 29.0. The SMILES string of the molecule is CNC(=O)C(=O)[C@H](CC1CC1)NC(=O)[C@@H]1C[C@]2(CC(c3ccc(F)c(Cl)c3)=NO2)CN1C(=O)[C@@H](NC(=O)CC1CCCCC1)C(C)(C)C. The molecule has 3 N–H and O–H groups in total. The number of ketones is 1. The summed E-state index contributed by atoms with van der Waals surface area (Å²) in [6.45, 7) is 5.55. The van der Waals surface area contributed by atoms with Gasteiger partial charge in [-0.3, -0.25) is 24.0 Å². The van der Waals surface area contributed by atoms with Gasteiger partial charge >= 0.3 is 0 Å². The van der Waals surface area contributed by atoms with E-state index in [9.17, 15) is 28.4 Å². The maximum absolute atomic E-state index is 14.5. The molecular formula is C35H47ClFN5O6. The molecule has 1 aromatic rings. The van der Waals surface area contributed by atoms with Crippen molar-refractivity contribution in [3.05, 3.63) is 34.6 Å². The molecule has 0 unspecified atom stereocenters. The summed E-state index contributed by atoms with van der Waals surface area (Å²) in [6.07, 6.45) is 8.01. The molecule has 5 rings (SSSR count). The number of hydrogen-bond donors (Lipinski definition) is 3. The third-order valence-corrected chi connectivity index (χ3v) is 10.3. The Labute approximate surface area is 286 Å². The minimum absolute atomic E-state index is 0.0202. The fourth-order valence-electron chi connectivity index (χ4n) is 7.12. The topological polar surface area (TPSA) is 146 Å². The van der Waals surface area contributed by atoms with Crippen LogP contribution in [0.25, 0.3) is 0 Å². The lowest BCUT2D eigenvalue weighted by Crippen LogP contribution is -2.59. The lowest BCUT2D eigenvalue weighted by Gasteiger charge is -2.36. The third kappa shape index (κ3) is 8.36. The molecule has 4 aliphatic rings. The number of nitrogens with zero attached hydrogens (tertiary/aromatic N) is 2. The summed E-state index contributed by atoms with van der Waals surface area (Å²) in [5.41, 5.74) is -0.769. The molecular weight excluding hydrogens is 641 g/mol. The molecule has 1 saturated heterocycles. The van der Waals surface area contributed by atoms with Crippen LogP contribution in [-0.2, 0) is 28.8 Å². The van der Waals surface area contributed by atoms with E-state index in [0.717, 1.165) is 38.5 Å². The number of carbonyl (C=O) groups excluding carboxylic acids is 5. The number of amides is 4. The summed E-state index contributed by atoms with van der Waals surface area (Å²) in [5, 5.41) is 12.3. The van der Waals surface area contributed by atoms with Crippen molar-refractivity contribution < 1.29 is 33.2 Å². The summed E-state index contributed by atoms with van der Waals surface area (Å²) in [6, 6.07) is 1.14. The molecule has 2 saturated carbocycles. The zero-order chi connectivity index (χ0) is 34.8. The van der Waals surface area contributed by atoms with Gasteiger partial charge in [0.15, 0.2) is 5.60 Å². The van der Waals surface area contributed by atoms with E-state index in [2.05, 4.69) is 21.1 Å². The van der Waals surface area contributed by atoms with Crippen molar-refractivity contribution in [3.63, 3.8) is 0 Å². The molecule has 48 heavy (non-hydrogen) atoms. The van der Waals surface area contributed by atoms with Crippen LogP contribution in [-0.4, -0.2) is 77.3 Å². The Hall–Kier alpha value is -3.54. The Morgan fingerprint density at radius 2 is 1.77 bits per heavy atom. The number of Topliss-reactive ketones (excluding diaryl/α,β-unsaturated/α-hetero) is 1. The van der Waals surface area contributed by atoms with E-state index >= 15 is 0 Å². The fourth-order valence-corrected chi connectivity index (χ4v) is 7.30. The maximum Gasteiger partial charge on any atom is 0.289 e. The number of hydrogen-bond acceptors (Lipinski definition) is 7. The summed E-state index contributed by atoms with van der Waals surface area (Å²) in [5.74, 6) is -2.88. The molecule has 2 aliphatic carbocycles. The molecule has 13 heteroatoms. The Morgan fingerprint density at radius 1 is 1.06 bits per heavy atom. The molecule has 0 bridgehead atoms. The molecule has 2 heterocycles. The van der Waals surface area contributed by atoms with Crippen LogP contribution in [0.4, 0.5) is 4.39 Å². The minimum Gasteiger partial charge on any atom is -0.387 e. The van der Waals surface area contributed by atoms with Crippen molar-refractivity contribution in [1.82, 2.24) is 20.9 Å². The standard InChI is InChI=1S/C35H47ClFN5O6/c1-34(2,3)30(40-28(43)15-20-8-6-5-7-9-20)33(47)42-19-35(17-26(41-48-35)22-12-13-24(37)23(36)16-22)18-27(42)31(45)39-25(14-21-10-11-21)29(44)32(46)38-4/h12-13,16,20-21,25,27,30H,5-11,14-15,17-19H2,1-4H3,(H,38,46)(H,39,45)(H,40,43)/t25-,27-,30+,35+/m0/s1. The van der Waals surface area contributed by atoms with Gasteiger partial charge in [-0.2, -0.15) is 0 Å². The lowest BCUT2D eigenvalue weighted by molar-refractivity contribution is -0.145. The van der Waals surface area contributed by atoms with Crippen molar-refractivity contribution in [3.8, 4) is 0 Å². The van der Waals surface area contributed by atoms with Crippen LogP contribution in [0.3, 0.4) is 0 Å². The molecule has 0 radical (unpaired) electrons. The highest BCUT2D eigenvalue weighted by atomic mass is 35.5. The number of likely N-dealkylation sites (N-methyl/N-ethyl adjacent to an activating group) is 1. The van der Waals surface area contributed by atoms with E-state index in [0.29, 0.717) is 24.1 Å². The maximum atomic E-state index is 14.5. The second-order valence-corrected chi connectivity index (χ2v) is 15.5. The third-order valence-electron chi connectivity index (χ3n) is 10.0. The number of halogens is 2. The minimum atomic E-state index is -1.10. The largest absolute Gasteiger partial charge is 0.387 e. The van der Waals surface area contributed by atoms with Crippen LogP contribution in [0, 0.1) is 23.1 Å². The Morgan fingerprint density at radius 3 is 2.40 bits per heavy atom. The van der Waals surface area contributed by atoms with E-state index in [1.807, 2.05) is 20.8 Å². The van der Waals surface area contributed by atoms with Gasteiger partial charge in [-0.1, -0.05) is 75.7 Å². The monoisotopic (exact) mass is 687 g/mol. The number of oxime groups is 1. The quantitative estimate of drug-likeness (QED) is 0.300. The van der Waals surface area contributed by atoms with Gasteiger partial charge in [-0.05, 0) is 48.6 Å². The van der Waals surface area contributed by atoms with E-state index in [1.54, 1.807) is 0 Å². The summed E-state index contributed by atoms with van der Waals surface area (Å²) < 4.78 is 13.9. The van der Waals surface area contributed by atoms with Crippen molar-refractivity contribution in [2.24, 2.45) is 22.4 Å². The highest BCUT2D eigenvalue weighted by molar-refractivity contribution is 6.38. The Balaban J connectivity index is 1.40. The van der Waals surface area contributed by atoms with Crippen molar-refractivity contribution in [2.75, 3.05) is 13.6 Å². The van der Waals surface area contributed by atoms with E-state index in [-0.39, 0.29) is 42.2 Å². The first-order chi connectivity index (χ1) is 22.7. The van der Waals surface area contributed by atoms with Crippen LogP contribution in [0.15, 0.2) is 23.4 Å². The predicted octanol–water partition coefficient (Wildman–Crippen LogP) is 4.04. The van der Waals surface area contributed by atoms with Gasteiger partial charge in [0, 0.05) is 31.9 Å². The number of nitrogens with one attached hydrogen (secondary N) is 3. The average Bonchev–Trinajstić information content (AvgIpc) is 3.65. The fraction of sp³-hybridized carbons (Fsp3) is 0.657. The summed E-state index contributed by atoms with van der Waals surface area (Å²) in [4.78, 5) is 74.6. The second kappa shape index (κ2) is 14.5. The lowest BCUT2D eigenvalue weighted by atomic mass is 9.84. The highest BCUT2D eigenvalue weighted by Gasteiger charge is 2.56. The number of benzene rings is 1. The molecule has 262 valence electrons. The van der Waals surface area contributed by atoms with E-state index < -0.39 is 58.5 Å². The molecule has 1 aromatic carbocycles. The van der Waals surface area contributed by atoms with E-state index in [4.69, 9.17) is 16.4 Å². The number of likely N-dealkylation sites (tertiary alicyclic amines) is 1. The molecule has 2 aliphatic heterocycles. The first-order valence-electron chi connectivity index (χ1n) is 17.1. The average molecular weight is 688 g/mol. The van der Waals surface area contributed by atoms with Crippen LogP contribution in [0.2, 0.25) is 5.02 Å². The van der Waals surface area contributed by atoms with Gasteiger partial charge in [0.05, 0.1) is 23.3 Å². The van der Waals surface area contributed by atoms with Gasteiger partial charge in [0.1, 0.15) is 17.9 Å². The molecule has 1 spiro atoms. The normalized spacial score (nSPS) is 24.0. The first-order valence-corrected chi connectivity index (χ1v) is 17.4. The Kier molecular flexibility index (Phi) is 10.8. The van der Waals surface area contributed by atoms with Gasteiger partial charge in [-0.25, -0.2) is 4.39 Å². The van der Waals surface area contributed by atoms with Crippen molar-refractivity contribution >= 4 is 46.7 Å². The van der Waals surface area contributed by atoms with Gasteiger partial charge in [-0.15, -0.1) is 0 Å². The van der Waals surface area contributed by atoms with Crippen molar-refractivity contribution in [2.45, 2.75) is 115 Å². The Bertz CT molecular complexity index is 1470. The molecule has 4 atom stereocenters. The van der Waals surface area contributed by atoms with Crippen molar-refractivity contribution in [1.29, 1.82) is 0 Å². The van der Waals surface area contributed by atoms with Crippen LogP contribution < -0.4 is 16.0 Å². The smallest absolute Gasteiger partial charge is 0.289 e. The molecule has 4 amide bonds. The number of rotatable bonds is 11. The second-order valence-electron chi connectivity index (χ2n) is 15.1. The highest BCUT2D eigenvalue weighted by Crippen LogP contribution is 2.41. The number of carbonyl (C=O) groups is 5. The van der Waals surface area contributed by atoms with Crippen LogP contribution >= 0.6 is 11.6 Å². The summed E-state index contributed by atoms with van der Waals surface area (Å²) >= 11 is 6.03. The molecule has 3 fully saturated rings. The first kappa shape index (κ1) is 35.8. The predicted molar refractivity (Wildman–Crippen MR) is 177 cm³/mol. The van der Waals surface area contributed by atoms with Gasteiger partial charge in [0.25, 0.3) is 5.91 Å². The van der Waals surface area contributed by atoms with Crippen LogP contribution in [0.1, 0.15) is 97.0 Å². The van der Waals surface area contributed by atoms with Gasteiger partial charge < -0.3 is 25.7 Å². The summed E-state index contributed by atoms with van der Waals surface area (Å²) in [7, 11) is 1.36. The van der Waals surface area contributed by atoms with Crippen LogP contribution in [0.5, 0.6) is 0 Å². The molecule has 11 nitrogen and oxygen atoms in total. The molecule has 0 aromatic heterocycles. The van der Waals surface area contributed by atoms with E-state index in [1.165, 1.54) is 36.6 Å².